The third kappa shape index (κ3) is 4.51. The summed E-state index contributed by atoms with van der Waals surface area (Å²) < 4.78 is 2.11. The average molecular weight is 406 g/mol. The Bertz CT molecular complexity index is 1020. The number of nitrogens with one attached hydrogen (secondary N) is 1. The molecule has 3 aromatic rings. The molecule has 1 aliphatic heterocycles. The van der Waals surface area contributed by atoms with E-state index in [1.54, 1.807) is 12.1 Å². The summed E-state index contributed by atoms with van der Waals surface area (Å²) in [6.45, 7) is 7.20. The lowest BCUT2D eigenvalue weighted by Crippen LogP contribution is -2.46. The van der Waals surface area contributed by atoms with Gasteiger partial charge in [0.25, 0.3) is 5.91 Å². The number of fused-ring (bicyclic) bond motifs is 1. The summed E-state index contributed by atoms with van der Waals surface area (Å²) in [5.74, 6) is 0.278. The molecule has 1 saturated heterocycles. The molecule has 1 fully saturated rings. The number of para-hydroxylation sites is 1. The van der Waals surface area contributed by atoms with Gasteiger partial charge in [-0.1, -0.05) is 30.3 Å². The molecule has 0 saturated carbocycles. The van der Waals surface area contributed by atoms with Crippen LogP contribution >= 0.6 is 0 Å². The molecule has 0 spiro atoms. The van der Waals surface area contributed by atoms with Gasteiger partial charge >= 0.3 is 0 Å². The van der Waals surface area contributed by atoms with Crippen LogP contribution in [0.15, 0.2) is 54.6 Å². The van der Waals surface area contributed by atoms with Crippen LogP contribution in [-0.4, -0.2) is 45.7 Å². The predicted octanol–water partition coefficient (Wildman–Crippen LogP) is 4.19. The monoisotopic (exact) mass is 405 g/mol. The predicted molar refractivity (Wildman–Crippen MR) is 121 cm³/mol. The third-order valence-corrected chi connectivity index (χ3v) is 6.17. The number of amides is 1. The number of nitrogens with zero attached hydrogens (tertiary/aromatic N) is 2. The highest BCUT2D eigenvalue weighted by molar-refractivity contribution is 5.98. The maximum absolute atomic E-state index is 13.2. The number of phenols is 1. The first-order valence-electron chi connectivity index (χ1n) is 10.9. The van der Waals surface area contributed by atoms with Gasteiger partial charge in [-0.25, -0.2) is 0 Å². The van der Waals surface area contributed by atoms with E-state index in [1.807, 2.05) is 30.3 Å². The second-order valence-electron chi connectivity index (χ2n) is 8.54. The second-order valence-corrected chi connectivity index (χ2v) is 8.54. The number of aromatic nitrogens is 1. The molecule has 2 N–H and O–H groups in total. The molecule has 0 bridgehead atoms. The molecular formula is C25H31N3O2. The second kappa shape index (κ2) is 8.92. The van der Waals surface area contributed by atoms with E-state index in [0.717, 1.165) is 48.8 Å². The first-order chi connectivity index (χ1) is 14.5. The Morgan fingerprint density at radius 1 is 1.10 bits per heavy atom. The number of benzene rings is 2. The summed E-state index contributed by atoms with van der Waals surface area (Å²) in [6.07, 6.45) is 2.74. The lowest BCUT2D eigenvalue weighted by atomic mass is 10.0. The van der Waals surface area contributed by atoms with E-state index in [0.29, 0.717) is 18.3 Å². The number of hydrogen-bond donors (Lipinski definition) is 2. The highest BCUT2D eigenvalue weighted by atomic mass is 16.3. The van der Waals surface area contributed by atoms with Crippen molar-refractivity contribution in [3.8, 4) is 5.75 Å². The summed E-state index contributed by atoms with van der Waals surface area (Å²) in [5, 5.41) is 14.1. The van der Waals surface area contributed by atoms with Gasteiger partial charge in [-0.05, 0) is 62.9 Å². The fourth-order valence-corrected chi connectivity index (χ4v) is 4.41. The van der Waals surface area contributed by atoms with Crippen LogP contribution < -0.4 is 5.32 Å². The quantitative estimate of drug-likeness (QED) is 0.646. The highest BCUT2D eigenvalue weighted by Crippen LogP contribution is 2.22. The molecule has 2 heterocycles. The number of hydrogen-bond acceptors (Lipinski definition) is 3. The molecule has 5 nitrogen and oxygen atoms in total. The molecule has 5 heteroatoms. The summed E-state index contributed by atoms with van der Waals surface area (Å²) in [6, 6.07) is 18.2. The van der Waals surface area contributed by atoms with Crippen LogP contribution in [0, 0.1) is 0 Å². The van der Waals surface area contributed by atoms with Crippen molar-refractivity contribution < 1.29 is 9.90 Å². The number of piperidine rings is 1. The van der Waals surface area contributed by atoms with Crippen LogP contribution in [-0.2, 0) is 13.0 Å². The van der Waals surface area contributed by atoms with Gasteiger partial charge in [0.1, 0.15) is 11.4 Å². The minimum absolute atomic E-state index is 0.00473. The Morgan fingerprint density at radius 3 is 2.60 bits per heavy atom. The van der Waals surface area contributed by atoms with Gasteiger partial charge in [-0.15, -0.1) is 0 Å². The lowest BCUT2D eigenvalue weighted by Gasteiger charge is -2.34. The van der Waals surface area contributed by atoms with Gasteiger partial charge in [0, 0.05) is 42.6 Å². The maximum atomic E-state index is 13.2. The van der Waals surface area contributed by atoms with E-state index >= 15 is 0 Å². The standard InChI is InChI=1S/C25H31N3O2/c1-18(2)27-13-11-21(12-14-27)26-25(30)24-17-20-7-3-4-9-23(20)28(24)15-10-19-6-5-8-22(29)16-19/h3-9,16-18,21,29H,10-15H2,1-2H3,(H,26,30). The molecule has 0 atom stereocenters. The number of aromatic hydroxyl groups is 1. The van der Waals surface area contributed by atoms with Crippen molar-refractivity contribution in [1.29, 1.82) is 0 Å². The van der Waals surface area contributed by atoms with Gasteiger partial charge in [0.15, 0.2) is 0 Å². The molecule has 1 aromatic heterocycles. The molecule has 1 aliphatic rings. The number of rotatable bonds is 6. The van der Waals surface area contributed by atoms with Gasteiger partial charge in [0.05, 0.1) is 0 Å². The number of aryl methyl sites for hydroxylation is 2. The van der Waals surface area contributed by atoms with Crippen molar-refractivity contribution in [2.24, 2.45) is 0 Å². The zero-order valence-corrected chi connectivity index (χ0v) is 17.8. The molecule has 1 amide bonds. The van der Waals surface area contributed by atoms with E-state index in [2.05, 4.69) is 40.8 Å². The summed E-state index contributed by atoms with van der Waals surface area (Å²) >= 11 is 0. The first kappa shape index (κ1) is 20.5. The summed E-state index contributed by atoms with van der Waals surface area (Å²) in [5.41, 5.74) is 2.83. The molecule has 158 valence electrons. The van der Waals surface area contributed by atoms with Gasteiger partial charge in [-0.3, -0.25) is 4.79 Å². The van der Waals surface area contributed by atoms with E-state index in [1.165, 1.54) is 0 Å². The van der Waals surface area contributed by atoms with Crippen molar-refractivity contribution in [3.05, 3.63) is 65.9 Å². The van der Waals surface area contributed by atoms with Gasteiger partial charge in [-0.2, -0.15) is 0 Å². The molecule has 4 rings (SSSR count). The summed E-state index contributed by atoms with van der Waals surface area (Å²) in [7, 11) is 0. The van der Waals surface area contributed by atoms with Crippen LogP contribution in [0.3, 0.4) is 0 Å². The van der Waals surface area contributed by atoms with Crippen LogP contribution in [0.2, 0.25) is 0 Å². The van der Waals surface area contributed by atoms with Gasteiger partial charge < -0.3 is 19.9 Å². The molecule has 0 unspecified atom stereocenters. The van der Waals surface area contributed by atoms with Crippen molar-refractivity contribution in [2.45, 2.75) is 51.7 Å². The number of carbonyl (C=O) groups is 1. The minimum Gasteiger partial charge on any atom is -0.508 e. The van der Waals surface area contributed by atoms with Crippen LogP contribution in [0.5, 0.6) is 5.75 Å². The Kier molecular flexibility index (Phi) is 6.09. The molecule has 2 aromatic carbocycles. The topological polar surface area (TPSA) is 57.5 Å². The van der Waals surface area contributed by atoms with Crippen molar-refractivity contribution >= 4 is 16.8 Å². The first-order valence-corrected chi connectivity index (χ1v) is 10.9. The van der Waals surface area contributed by atoms with E-state index in [-0.39, 0.29) is 17.7 Å². The summed E-state index contributed by atoms with van der Waals surface area (Å²) in [4.78, 5) is 15.7. The highest BCUT2D eigenvalue weighted by Gasteiger charge is 2.24. The Labute approximate surface area is 178 Å². The van der Waals surface area contributed by atoms with Crippen molar-refractivity contribution in [2.75, 3.05) is 13.1 Å². The fourth-order valence-electron chi connectivity index (χ4n) is 4.41. The van der Waals surface area contributed by atoms with Crippen LogP contribution in [0.25, 0.3) is 10.9 Å². The minimum atomic E-state index is 0.00473. The van der Waals surface area contributed by atoms with Gasteiger partial charge in [0.2, 0.25) is 0 Å². The van der Waals surface area contributed by atoms with E-state index in [9.17, 15) is 9.90 Å². The zero-order valence-electron chi connectivity index (χ0n) is 17.8. The van der Waals surface area contributed by atoms with Crippen molar-refractivity contribution in [3.63, 3.8) is 0 Å². The average Bonchev–Trinajstić information content (AvgIpc) is 3.11. The van der Waals surface area contributed by atoms with Crippen LogP contribution in [0.4, 0.5) is 0 Å². The van der Waals surface area contributed by atoms with E-state index < -0.39 is 0 Å². The zero-order chi connectivity index (χ0) is 21.1. The Morgan fingerprint density at radius 2 is 1.87 bits per heavy atom. The fraction of sp³-hybridized carbons (Fsp3) is 0.400. The number of carbonyl (C=O) groups excluding carboxylic acids is 1. The molecular weight excluding hydrogens is 374 g/mol. The van der Waals surface area contributed by atoms with Crippen LogP contribution in [0.1, 0.15) is 42.7 Å². The smallest absolute Gasteiger partial charge is 0.268 e. The maximum Gasteiger partial charge on any atom is 0.268 e. The molecule has 30 heavy (non-hydrogen) atoms. The lowest BCUT2D eigenvalue weighted by molar-refractivity contribution is 0.0891. The largest absolute Gasteiger partial charge is 0.508 e. The van der Waals surface area contributed by atoms with E-state index in [4.69, 9.17) is 0 Å². The SMILES string of the molecule is CC(C)N1CCC(NC(=O)c2cc3ccccc3n2CCc2cccc(O)c2)CC1. The Balaban J connectivity index is 1.51. The molecule has 0 radical (unpaired) electrons. The normalized spacial score (nSPS) is 15.7. The number of phenolic OH excluding ortho intramolecular Hbond substituents is 1. The number of likely N-dealkylation sites (tertiary alicyclic amines) is 1. The Hall–Kier alpha value is -2.79. The molecule has 0 aliphatic carbocycles. The third-order valence-electron chi connectivity index (χ3n) is 6.17. The van der Waals surface area contributed by atoms with Crippen molar-refractivity contribution in [1.82, 2.24) is 14.8 Å².